The molecule has 1 heterocycles. The largest absolute Gasteiger partial charge is 0.445 e. The normalized spacial score (nSPS) is 18.1. The Kier molecular flexibility index (Phi) is 12.9. The zero-order chi connectivity index (χ0) is 36.2. The number of ether oxygens (including phenoxy) is 4. The third kappa shape index (κ3) is 8.98. The van der Waals surface area contributed by atoms with Crippen LogP contribution in [0.4, 0.5) is 4.79 Å². The van der Waals surface area contributed by atoms with Crippen LogP contribution in [0.5, 0.6) is 0 Å². The Balaban J connectivity index is 1.30. The van der Waals surface area contributed by atoms with E-state index in [2.05, 4.69) is 67.6 Å². The predicted octanol–water partition coefficient (Wildman–Crippen LogP) is 8.21. The number of benzene rings is 5. The number of nitrogens with zero attached hydrogens (tertiary/aromatic N) is 1. The van der Waals surface area contributed by atoms with Gasteiger partial charge in [-0.1, -0.05) is 153 Å². The van der Waals surface area contributed by atoms with E-state index in [0.717, 1.165) is 33.4 Å². The summed E-state index contributed by atoms with van der Waals surface area (Å²) in [7, 11) is 1.70. The Labute approximate surface area is 307 Å². The minimum Gasteiger partial charge on any atom is -0.445 e. The van der Waals surface area contributed by atoms with Crippen LogP contribution in [-0.2, 0) is 37.8 Å². The molecule has 0 spiro atoms. The van der Waals surface area contributed by atoms with E-state index in [4.69, 9.17) is 18.9 Å². The molecule has 52 heavy (non-hydrogen) atoms. The first-order valence-electron chi connectivity index (χ1n) is 18.1. The van der Waals surface area contributed by atoms with Crippen LogP contribution in [0.3, 0.4) is 0 Å². The number of carbonyl (C=O) groups is 1. The lowest BCUT2D eigenvalue weighted by Crippen LogP contribution is -2.52. The highest BCUT2D eigenvalue weighted by atomic mass is 16.6. The topological polar surface area (TPSA) is 77.5 Å². The van der Waals surface area contributed by atoms with Gasteiger partial charge in [0.1, 0.15) is 12.2 Å². The van der Waals surface area contributed by atoms with E-state index in [1.54, 1.807) is 12.0 Å². The van der Waals surface area contributed by atoms with Gasteiger partial charge in [0.25, 0.3) is 0 Å². The quantitative estimate of drug-likeness (QED) is 0.111. The van der Waals surface area contributed by atoms with Gasteiger partial charge in [0, 0.05) is 31.4 Å². The fourth-order valence-corrected chi connectivity index (χ4v) is 7.28. The fraction of sp³-hybridized carbons (Fsp3) is 0.311. The summed E-state index contributed by atoms with van der Waals surface area (Å²) >= 11 is 0. The summed E-state index contributed by atoms with van der Waals surface area (Å²) in [6, 6.07) is 48.6. The molecule has 0 radical (unpaired) electrons. The lowest BCUT2D eigenvalue weighted by Gasteiger charge is -2.44. The highest BCUT2D eigenvalue weighted by Gasteiger charge is 2.43. The van der Waals surface area contributed by atoms with Crippen molar-refractivity contribution in [1.29, 1.82) is 0 Å². The predicted molar refractivity (Wildman–Crippen MR) is 203 cm³/mol. The summed E-state index contributed by atoms with van der Waals surface area (Å²) in [6.07, 6.45) is -1.30. The number of amides is 1. The molecular weight excluding hydrogens is 650 g/mol. The van der Waals surface area contributed by atoms with Gasteiger partial charge >= 0.3 is 6.09 Å². The Bertz CT molecular complexity index is 1690. The third-order valence-electron chi connectivity index (χ3n) is 9.79. The van der Waals surface area contributed by atoms with E-state index in [0.29, 0.717) is 32.3 Å². The van der Waals surface area contributed by atoms with E-state index in [9.17, 15) is 9.90 Å². The first-order valence-corrected chi connectivity index (χ1v) is 18.1. The second-order valence-electron chi connectivity index (χ2n) is 13.7. The van der Waals surface area contributed by atoms with Gasteiger partial charge in [-0.05, 0) is 33.4 Å². The molecule has 0 bridgehead atoms. The first kappa shape index (κ1) is 37.0. The molecule has 5 aromatic rings. The van der Waals surface area contributed by atoms with E-state index in [1.165, 1.54) is 0 Å². The molecule has 1 aliphatic rings. The van der Waals surface area contributed by atoms with Crippen LogP contribution in [-0.4, -0.2) is 62.2 Å². The molecule has 0 aromatic heterocycles. The summed E-state index contributed by atoms with van der Waals surface area (Å²) in [5, 5.41) is 11.9. The van der Waals surface area contributed by atoms with Crippen molar-refractivity contribution in [3.8, 4) is 0 Å². The molecule has 1 amide bonds. The van der Waals surface area contributed by atoms with Gasteiger partial charge < -0.3 is 29.0 Å². The van der Waals surface area contributed by atoms with E-state index < -0.39 is 17.8 Å². The van der Waals surface area contributed by atoms with Crippen LogP contribution in [0, 0.1) is 11.8 Å². The van der Waals surface area contributed by atoms with Crippen LogP contribution in [0.2, 0.25) is 0 Å². The average molecular weight is 700 g/mol. The second kappa shape index (κ2) is 18.1. The summed E-state index contributed by atoms with van der Waals surface area (Å²) in [5.74, 6) is -0.255. The molecule has 0 saturated carbocycles. The van der Waals surface area contributed by atoms with Crippen LogP contribution >= 0.6 is 0 Å². The number of aliphatic hydroxyl groups excluding tert-OH is 1. The number of carbonyl (C=O) groups excluding carboxylic acids is 1. The van der Waals surface area contributed by atoms with Crippen LogP contribution < -0.4 is 0 Å². The minimum atomic E-state index is -0.948. The summed E-state index contributed by atoms with van der Waals surface area (Å²) < 4.78 is 24.2. The number of likely N-dealkylation sites (tertiary alicyclic amines) is 1. The van der Waals surface area contributed by atoms with Gasteiger partial charge in [0.2, 0.25) is 0 Å². The number of rotatable bonds is 15. The summed E-state index contributed by atoms with van der Waals surface area (Å²) in [5.41, 5.74) is 4.96. The van der Waals surface area contributed by atoms with Gasteiger partial charge in [-0.2, -0.15) is 0 Å². The van der Waals surface area contributed by atoms with Gasteiger partial charge in [-0.15, -0.1) is 0 Å². The average Bonchev–Trinajstić information content (AvgIpc) is 3.19. The van der Waals surface area contributed by atoms with Crippen molar-refractivity contribution in [3.63, 3.8) is 0 Å². The molecule has 1 aliphatic heterocycles. The molecule has 7 heteroatoms. The van der Waals surface area contributed by atoms with Crippen molar-refractivity contribution in [2.45, 2.75) is 37.8 Å². The highest BCUT2D eigenvalue weighted by molar-refractivity contribution is 5.68. The van der Waals surface area contributed by atoms with Gasteiger partial charge in [-0.25, -0.2) is 4.79 Å². The Morgan fingerprint density at radius 2 is 1.23 bits per heavy atom. The van der Waals surface area contributed by atoms with Crippen molar-refractivity contribution >= 4 is 6.09 Å². The number of hydrogen-bond donors (Lipinski definition) is 1. The van der Waals surface area contributed by atoms with Crippen molar-refractivity contribution in [3.05, 3.63) is 179 Å². The zero-order valence-electron chi connectivity index (χ0n) is 30.1. The molecule has 0 aliphatic carbocycles. The molecule has 270 valence electrons. The van der Waals surface area contributed by atoms with Crippen molar-refractivity contribution in [2.75, 3.05) is 40.0 Å². The summed E-state index contributed by atoms with van der Waals surface area (Å²) in [4.78, 5) is 15.2. The number of β-amino-alcohol motifs (C(OH)–C–C–N with tert-alkyl or cyclic N) is 1. The van der Waals surface area contributed by atoms with Crippen molar-refractivity contribution in [2.24, 2.45) is 11.8 Å². The van der Waals surface area contributed by atoms with Crippen LogP contribution in [0.1, 0.15) is 46.2 Å². The molecule has 1 N–H and O–H groups in total. The monoisotopic (exact) mass is 699 g/mol. The molecule has 5 aromatic carbocycles. The maximum absolute atomic E-state index is 13.5. The van der Waals surface area contributed by atoms with Crippen LogP contribution in [0.15, 0.2) is 146 Å². The van der Waals surface area contributed by atoms with Gasteiger partial charge in [0.15, 0.2) is 0 Å². The number of aliphatic hydroxyl groups is 1. The molecule has 7 nitrogen and oxygen atoms in total. The van der Waals surface area contributed by atoms with Crippen molar-refractivity contribution in [1.82, 2.24) is 4.90 Å². The van der Waals surface area contributed by atoms with E-state index in [1.807, 2.05) is 84.9 Å². The van der Waals surface area contributed by atoms with E-state index in [-0.39, 0.29) is 31.6 Å². The molecule has 4 atom stereocenters. The van der Waals surface area contributed by atoms with E-state index >= 15 is 0 Å². The highest BCUT2D eigenvalue weighted by Crippen LogP contribution is 2.43. The van der Waals surface area contributed by atoms with Crippen LogP contribution in [0.25, 0.3) is 0 Å². The lowest BCUT2D eigenvalue weighted by molar-refractivity contribution is -0.0539. The Hall–Kier alpha value is -4.79. The maximum Gasteiger partial charge on any atom is 0.410 e. The summed E-state index contributed by atoms with van der Waals surface area (Å²) in [6.45, 7) is 4.77. The second-order valence-corrected chi connectivity index (χ2v) is 13.7. The molecule has 1 fully saturated rings. The molecule has 0 unspecified atom stereocenters. The Morgan fingerprint density at radius 3 is 1.77 bits per heavy atom. The minimum absolute atomic E-state index is 0.151. The third-order valence-corrected chi connectivity index (χ3v) is 9.79. The zero-order valence-corrected chi connectivity index (χ0v) is 30.1. The molecular formula is C45H49NO6. The molecule has 6 rings (SSSR count). The first-order chi connectivity index (χ1) is 25.5. The Morgan fingerprint density at radius 1 is 0.712 bits per heavy atom. The molecule has 1 saturated heterocycles. The maximum atomic E-state index is 13.5. The SMILES string of the molecule is COC[C@H](C)COCc1ccc([C@H]2[C@H](COC(c3ccccc3)(c3ccccc3)c3ccccc3)CN(C(=O)OCc3ccccc3)C[C@@H]2O)cc1. The lowest BCUT2D eigenvalue weighted by atomic mass is 9.77. The van der Waals surface area contributed by atoms with Gasteiger partial charge in [0.05, 0.1) is 39.1 Å². The number of methoxy groups -OCH3 is 1. The van der Waals surface area contributed by atoms with Crippen molar-refractivity contribution < 1.29 is 28.8 Å². The standard InChI is InChI=1S/C45H49NO6/c1-34(29-49-2)30-50-31-36-23-25-37(26-24-36)43-38(27-46(28-42(43)47)44(48)51-32-35-15-7-3-8-16-35)33-52-45(39-17-9-4-10-18-39,40-19-11-5-12-20-40)41-21-13-6-14-22-41/h3-26,34,38,42-43,47H,27-33H2,1-2H3/t34-,38-,42-,43-/m0/s1. The smallest absolute Gasteiger partial charge is 0.410 e. The number of piperidine rings is 1. The fourth-order valence-electron chi connectivity index (χ4n) is 7.28. The van der Waals surface area contributed by atoms with Gasteiger partial charge in [-0.3, -0.25) is 0 Å². The number of hydrogen-bond acceptors (Lipinski definition) is 6.